The molecule has 0 atom stereocenters. The second-order valence-corrected chi connectivity index (χ2v) is 9.95. The van der Waals surface area contributed by atoms with E-state index in [1.165, 1.54) is 28.4 Å². The molecule has 3 aromatic rings. The molecule has 0 bridgehead atoms. The van der Waals surface area contributed by atoms with Crippen LogP contribution in [0.25, 0.3) is 10.9 Å². The van der Waals surface area contributed by atoms with E-state index < -0.39 is 15.8 Å². The topological polar surface area (TPSA) is 51.5 Å². The molecule has 1 heterocycles. The standard InChI is InChI=1S/C23H29FN2O3S/c1-16(2)20-9-8-19(14-23(20)29-12-6-11-25(4)5)30(27,28)26-15-17(3)21-13-18(24)7-10-22(21)26/h7-10,13-16H,6,11-12H2,1-5H3. The van der Waals surface area contributed by atoms with Crippen molar-refractivity contribution in [3.63, 3.8) is 0 Å². The summed E-state index contributed by atoms with van der Waals surface area (Å²) >= 11 is 0. The van der Waals surface area contributed by atoms with Gasteiger partial charge in [0.25, 0.3) is 10.0 Å². The maximum atomic E-state index is 13.6. The lowest BCUT2D eigenvalue weighted by atomic mass is 10.0. The molecular weight excluding hydrogens is 403 g/mol. The van der Waals surface area contributed by atoms with Crippen molar-refractivity contribution < 1.29 is 17.5 Å². The average molecular weight is 433 g/mol. The van der Waals surface area contributed by atoms with E-state index in [0.29, 0.717) is 28.8 Å². The summed E-state index contributed by atoms with van der Waals surface area (Å²) < 4.78 is 47.6. The predicted molar refractivity (Wildman–Crippen MR) is 118 cm³/mol. The van der Waals surface area contributed by atoms with E-state index in [2.05, 4.69) is 4.90 Å². The van der Waals surface area contributed by atoms with Gasteiger partial charge in [-0.1, -0.05) is 19.9 Å². The van der Waals surface area contributed by atoms with Crippen molar-refractivity contribution in [3.05, 3.63) is 59.5 Å². The summed E-state index contributed by atoms with van der Waals surface area (Å²) in [7, 11) is 0.143. The Morgan fingerprint density at radius 3 is 2.53 bits per heavy atom. The highest BCUT2D eigenvalue weighted by molar-refractivity contribution is 7.90. The molecular formula is C23H29FN2O3S. The molecule has 0 aliphatic heterocycles. The van der Waals surface area contributed by atoms with Crippen LogP contribution in [0.2, 0.25) is 0 Å². The van der Waals surface area contributed by atoms with E-state index in [0.717, 1.165) is 18.5 Å². The smallest absolute Gasteiger partial charge is 0.268 e. The fourth-order valence-corrected chi connectivity index (χ4v) is 4.92. The van der Waals surface area contributed by atoms with Gasteiger partial charge >= 0.3 is 0 Å². The number of aryl methyl sites for hydroxylation is 1. The van der Waals surface area contributed by atoms with E-state index in [1.807, 2.05) is 34.0 Å². The Morgan fingerprint density at radius 2 is 1.87 bits per heavy atom. The van der Waals surface area contributed by atoms with Crippen LogP contribution in [0.3, 0.4) is 0 Å². The summed E-state index contributed by atoms with van der Waals surface area (Å²) in [5.74, 6) is 0.391. The Bertz CT molecular complexity index is 1150. The van der Waals surface area contributed by atoms with Gasteiger partial charge in [0.2, 0.25) is 0 Å². The Balaban J connectivity index is 2.01. The molecule has 0 N–H and O–H groups in total. The third-order valence-electron chi connectivity index (χ3n) is 5.10. The lowest BCUT2D eigenvalue weighted by Crippen LogP contribution is -2.16. The van der Waals surface area contributed by atoms with Crippen molar-refractivity contribution in [1.82, 2.24) is 8.87 Å². The normalized spacial score (nSPS) is 12.3. The number of hydrogen-bond acceptors (Lipinski definition) is 4. The lowest BCUT2D eigenvalue weighted by Gasteiger charge is -2.17. The molecule has 0 unspecified atom stereocenters. The number of hydrogen-bond donors (Lipinski definition) is 0. The molecule has 1 aromatic heterocycles. The molecule has 3 rings (SSSR count). The molecule has 2 aromatic carbocycles. The van der Waals surface area contributed by atoms with Crippen LogP contribution < -0.4 is 4.74 Å². The minimum Gasteiger partial charge on any atom is -0.493 e. The van der Waals surface area contributed by atoms with Gasteiger partial charge in [-0.2, -0.15) is 0 Å². The van der Waals surface area contributed by atoms with Gasteiger partial charge in [0.15, 0.2) is 0 Å². The van der Waals surface area contributed by atoms with E-state index in [1.54, 1.807) is 19.1 Å². The van der Waals surface area contributed by atoms with Crippen LogP contribution in [0.1, 0.15) is 37.3 Å². The summed E-state index contributed by atoms with van der Waals surface area (Å²) in [6.07, 6.45) is 2.38. The molecule has 0 saturated carbocycles. The zero-order valence-corrected chi connectivity index (χ0v) is 19.0. The van der Waals surface area contributed by atoms with E-state index in [-0.39, 0.29) is 10.8 Å². The van der Waals surface area contributed by atoms with Gasteiger partial charge in [0, 0.05) is 24.2 Å². The number of aromatic nitrogens is 1. The summed E-state index contributed by atoms with van der Waals surface area (Å²) in [4.78, 5) is 2.23. The monoisotopic (exact) mass is 432 g/mol. The van der Waals surface area contributed by atoms with Crippen LogP contribution in [0.4, 0.5) is 4.39 Å². The first-order chi connectivity index (χ1) is 14.1. The van der Waals surface area contributed by atoms with Gasteiger partial charge in [0.1, 0.15) is 11.6 Å². The number of ether oxygens (including phenoxy) is 1. The van der Waals surface area contributed by atoms with Gasteiger partial charge in [0.05, 0.1) is 17.0 Å². The molecule has 0 spiro atoms. The Labute approximate surface area is 178 Å². The Morgan fingerprint density at radius 1 is 1.13 bits per heavy atom. The Kier molecular flexibility index (Phi) is 6.53. The maximum absolute atomic E-state index is 13.6. The largest absolute Gasteiger partial charge is 0.493 e. The summed E-state index contributed by atoms with van der Waals surface area (Å²) in [5.41, 5.74) is 2.12. The summed E-state index contributed by atoms with van der Waals surface area (Å²) in [5, 5.41) is 0.581. The first-order valence-electron chi connectivity index (χ1n) is 10.1. The van der Waals surface area contributed by atoms with Crippen LogP contribution in [-0.2, 0) is 10.0 Å². The second kappa shape index (κ2) is 8.78. The third-order valence-corrected chi connectivity index (χ3v) is 6.77. The zero-order chi connectivity index (χ0) is 22.1. The molecule has 0 aliphatic carbocycles. The fraction of sp³-hybridized carbons (Fsp3) is 0.391. The summed E-state index contributed by atoms with van der Waals surface area (Å²) in [6.45, 7) is 7.27. The van der Waals surface area contributed by atoms with Crippen molar-refractivity contribution in [3.8, 4) is 5.75 Å². The van der Waals surface area contributed by atoms with E-state index >= 15 is 0 Å². The molecule has 162 valence electrons. The SMILES string of the molecule is Cc1cn(S(=O)(=O)c2ccc(C(C)C)c(OCCCN(C)C)c2)c2ccc(F)cc12. The molecule has 5 nitrogen and oxygen atoms in total. The van der Waals surface area contributed by atoms with Crippen molar-refractivity contribution in [1.29, 1.82) is 0 Å². The lowest BCUT2D eigenvalue weighted by molar-refractivity contribution is 0.278. The molecule has 0 amide bonds. The second-order valence-electron chi connectivity index (χ2n) is 8.13. The van der Waals surface area contributed by atoms with Crippen LogP contribution in [0.5, 0.6) is 5.75 Å². The van der Waals surface area contributed by atoms with Gasteiger partial charge in [-0.15, -0.1) is 0 Å². The van der Waals surface area contributed by atoms with Crippen molar-refractivity contribution in [2.45, 2.75) is 38.0 Å². The first-order valence-corrected chi connectivity index (χ1v) is 11.5. The highest BCUT2D eigenvalue weighted by atomic mass is 32.2. The molecule has 30 heavy (non-hydrogen) atoms. The highest BCUT2D eigenvalue weighted by Crippen LogP contribution is 2.32. The third kappa shape index (κ3) is 4.52. The van der Waals surface area contributed by atoms with Crippen LogP contribution in [0.15, 0.2) is 47.5 Å². The maximum Gasteiger partial charge on any atom is 0.268 e. The van der Waals surface area contributed by atoms with Crippen LogP contribution in [-0.4, -0.2) is 44.5 Å². The minimum atomic E-state index is -3.86. The molecule has 7 heteroatoms. The predicted octanol–water partition coefficient (Wildman–Crippen LogP) is 4.78. The number of nitrogens with zero attached hydrogens (tertiary/aromatic N) is 2. The van der Waals surface area contributed by atoms with Gasteiger partial charge in [-0.3, -0.25) is 0 Å². The van der Waals surface area contributed by atoms with Crippen LogP contribution >= 0.6 is 0 Å². The summed E-state index contributed by atoms with van der Waals surface area (Å²) in [6, 6.07) is 9.16. The molecule has 0 fully saturated rings. The quantitative estimate of drug-likeness (QED) is 0.481. The number of fused-ring (bicyclic) bond motifs is 1. The van der Waals surface area contributed by atoms with E-state index in [9.17, 15) is 12.8 Å². The Hall–Kier alpha value is -2.38. The van der Waals surface area contributed by atoms with Gasteiger partial charge in [-0.05, 0) is 68.8 Å². The number of benzene rings is 2. The molecule has 0 radical (unpaired) electrons. The molecule has 0 saturated heterocycles. The van der Waals surface area contributed by atoms with Gasteiger partial charge in [-0.25, -0.2) is 16.8 Å². The molecule has 0 aliphatic rings. The van der Waals surface area contributed by atoms with Crippen molar-refractivity contribution in [2.75, 3.05) is 27.2 Å². The average Bonchev–Trinajstić information content (AvgIpc) is 3.01. The minimum absolute atomic E-state index is 0.149. The highest BCUT2D eigenvalue weighted by Gasteiger charge is 2.23. The number of rotatable bonds is 8. The van der Waals surface area contributed by atoms with Crippen molar-refractivity contribution >= 4 is 20.9 Å². The fourth-order valence-electron chi connectivity index (χ4n) is 3.48. The van der Waals surface area contributed by atoms with E-state index in [4.69, 9.17) is 4.74 Å². The van der Waals surface area contributed by atoms with Crippen molar-refractivity contribution in [2.24, 2.45) is 0 Å². The zero-order valence-electron chi connectivity index (χ0n) is 18.1. The number of halogens is 1. The van der Waals surface area contributed by atoms with Crippen LogP contribution in [0, 0.1) is 12.7 Å². The van der Waals surface area contributed by atoms with Gasteiger partial charge < -0.3 is 9.64 Å². The first kappa shape index (κ1) is 22.3.